The SMILES string of the molecule is CC(C)(C)OC(=O)N[C@H](Cc1ccccc1)C(=O)N1CCC[C@H]1CNS(=O)(=O)CCCN=[N+]=[N-]. The predicted octanol–water partition coefficient (Wildman–Crippen LogP) is 2.73. The number of hydrogen-bond acceptors (Lipinski definition) is 6. The zero-order chi connectivity index (χ0) is 25.2. The number of alkyl carbamates (subject to hydrolysis) is 1. The van der Waals surface area contributed by atoms with E-state index in [1.54, 1.807) is 25.7 Å². The Bertz CT molecular complexity index is 973. The highest BCUT2D eigenvalue weighted by molar-refractivity contribution is 7.89. The minimum atomic E-state index is -3.57. The molecule has 1 aromatic rings. The summed E-state index contributed by atoms with van der Waals surface area (Å²) < 4.78 is 32.4. The molecule has 1 aliphatic rings. The number of azide groups is 1. The normalized spacial score (nSPS) is 17.0. The molecule has 0 spiro atoms. The van der Waals surface area contributed by atoms with Crippen molar-refractivity contribution >= 4 is 22.0 Å². The van der Waals surface area contributed by atoms with E-state index < -0.39 is 27.8 Å². The molecule has 2 amide bonds. The maximum absolute atomic E-state index is 13.5. The molecule has 2 atom stereocenters. The highest BCUT2D eigenvalue weighted by Gasteiger charge is 2.35. The van der Waals surface area contributed by atoms with Gasteiger partial charge in [0.05, 0.1) is 5.75 Å². The topological polar surface area (TPSA) is 154 Å². The van der Waals surface area contributed by atoms with Gasteiger partial charge in [0.15, 0.2) is 0 Å². The van der Waals surface area contributed by atoms with E-state index in [9.17, 15) is 18.0 Å². The summed E-state index contributed by atoms with van der Waals surface area (Å²) >= 11 is 0. The molecule has 2 N–H and O–H groups in total. The van der Waals surface area contributed by atoms with Crippen LogP contribution in [0.3, 0.4) is 0 Å². The molecule has 12 heteroatoms. The van der Waals surface area contributed by atoms with Gasteiger partial charge in [-0.3, -0.25) is 4.79 Å². The maximum Gasteiger partial charge on any atom is 0.408 e. The monoisotopic (exact) mass is 494 g/mol. The molecular weight excluding hydrogens is 460 g/mol. The van der Waals surface area contributed by atoms with E-state index >= 15 is 0 Å². The van der Waals surface area contributed by atoms with Crippen molar-refractivity contribution in [1.82, 2.24) is 14.9 Å². The summed E-state index contributed by atoms with van der Waals surface area (Å²) in [5.41, 5.74) is 8.47. The molecule has 1 aliphatic heterocycles. The van der Waals surface area contributed by atoms with E-state index in [0.717, 1.165) is 12.0 Å². The van der Waals surface area contributed by atoms with Crippen LogP contribution in [0.15, 0.2) is 35.4 Å². The number of hydrogen-bond donors (Lipinski definition) is 2. The minimum absolute atomic E-state index is 0.0834. The first-order chi connectivity index (χ1) is 16.0. The number of ether oxygens (including phenoxy) is 1. The lowest BCUT2D eigenvalue weighted by atomic mass is 10.0. The second-order valence-electron chi connectivity index (χ2n) is 9.19. The molecule has 0 bridgehead atoms. The van der Waals surface area contributed by atoms with E-state index in [2.05, 4.69) is 20.1 Å². The lowest BCUT2D eigenvalue weighted by Gasteiger charge is -2.30. The van der Waals surface area contributed by atoms with Crippen LogP contribution >= 0.6 is 0 Å². The number of nitrogens with zero attached hydrogens (tertiary/aromatic N) is 4. The van der Waals surface area contributed by atoms with E-state index in [-0.39, 0.29) is 43.6 Å². The van der Waals surface area contributed by atoms with Gasteiger partial charge in [0.1, 0.15) is 11.6 Å². The Kier molecular flexibility index (Phi) is 10.2. The second-order valence-corrected chi connectivity index (χ2v) is 11.1. The lowest BCUT2D eigenvalue weighted by Crippen LogP contribution is -2.53. The van der Waals surface area contributed by atoms with E-state index in [4.69, 9.17) is 10.3 Å². The zero-order valence-electron chi connectivity index (χ0n) is 19.9. The van der Waals surface area contributed by atoms with Crippen molar-refractivity contribution in [3.8, 4) is 0 Å². The summed E-state index contributed by atoms with van der Waals surface area (Å²) in [5.74, 6) is -0.441. The van der Waals surface area contributed by atoms with Gasteiger partial charge < -0.3 is 15.0 Å². The maximum atomic E-state index is 13.5. The first-order valence-electron chi connectivity index (χ1n) is 11.3. The van der Waals surface area contributed by atoms with Crippen molar-refractivity contribution in [1.29, 1.82) is 0 Å². The van der Waals surface area contributed by atoms with Crippen molar-refractivity contribution in [2.45, 2.75) is 64.1 Å². The van der Waals surface area contributed by atoms with Crippen LogP contribution in [0.2, 0.25) is 0 Å². The van der Waals surface area contributed by atoms with Crippen LogP contribution in [0, 0.1) is 0 Å². The molecule has 0 aliphatic carbocycles. The smallest absolute Gasteiger partial charge is 0.408 e. The number of benzene rings is 1. The molecular formula is C22H34N6O5S. The summed E-state index contributed by atoms with van der Waals surface area (Å²) in [5, 5.41) is 6.04. The number of rotatable bonds is 11. The Morgan fingerprint density at radius 2 is 2.00 bits per heavy atom. The fourth-order valence-corrected chi connectivity index (χ4v) is 4.80. The molecule has 2 rings (SSSR count). The van der Waals surface area contributed by atoms with Gasteiger partial charge in [-0.05, 0) is 51.1 Å². The number of nitrogens with one attached hydrogen (secondary N) is 2. The summed E-state index contributed by atoms with van der Waals surface area (Å²) in [4.78, 5) is 30.1. The quantitative estimate of drug-likeness (QED) is 0.210. The second kappa shape index (κ2) is 12.6. The summed E-state index contributed by atoms with van der Waals surface area (Å²) in [6.45, 7) is 5.90. The van der Waals surface area contributed by atoms with Gasteiger partial charge >= 0.3 is 6.09 Å². The molecule has 34 heavy (non-hydrogen) atoms. The van der Waals surface area contributed by atoms with Crippen molar-refractivity contribution in [2.24, 2.45) is 5.11 Å². The summed E-state index contributed by atoms with van der Waals surface area (Å²) in [7, 11) is -3.57. The molecule has 188 valence electrons. The molecule has 0 aromatic heterocycles. The minimum Gasteiger partial charge on any atom is -0.444 e. The number of sulfonamides is 1. The first kappa shape index (κ1) is 27.4. The highest BCUT2D eigenvalue weighted by atomic mass is 32.2. The Morgan fingerprint density at radius 3 is 2.65 bits per heavy atom. The van der Waals surface area contributed by atoms with Gasteiger partial charge in [0.2, 0.25) is 15.9 Å². The van der Waals surface area contributed by atoms with Crippen LogP contribution in [0.4, 0.5) is 4.79 Å². The van der Waals surface area contributed by atoms with Gasteiger partial charge in [0.25, 0.3) is 0 Å². The van der Waals surface area contributed by atoms with Crippen LogP contribution in [0.5, 0.6) is 0 Å². The number of carbonyl (C=O) groups excluding carboxylic acids is 2. The Morgan fingerprint density at radius 1 is 1.29 bits per heavy atom. The number of amides is 2. The molecule has 1 fully saturated rings. The highest BCUT2D eigenvalue weighted by Crippen LogP contribution is 2.20. The fraction of sp³-hybridized carbons (Fsp3) is 0.636. The van der Waals surface area contributed by atoms with Gasteiger partial charge in [-0.1, -0.05) is 35.4 Å². The fourth-order valence-electron chi connectivity index (χ4n) is 3.70. The third kappa shape index (κ3) is 9.58. The van der Waals surface area contributed by atoms with Gasteiger partial charge in [-0.15, -0.1) is 0 Å². The van der Waals surface area contributed by atoms with Gasteiger partial charge in [-0.2, -0.15) is 0 Å². The van der Waals surface area contributed by atoms with Crippen LogP contribution in [-0.2, 0) is 26.0 Å². The Labute approximate surface area is 200 Å². The first-order valence-corrected chi connectivity index (χ1v) is 13.0. The van der Waals surface area contributed by atoms with E-state index in [0.29, 0.717) is 13.0 Å². The van der Waals surface area contributed by atoms with Crippen molar-refractivity contribution in [2.75, 3.05) is 25.4 Å². The van der Waals surface area contributed by atoms with Crippen LogP contribution in [0.25, 0.3) is 10.4 Å². The average Bonchev–Trinajstić information content (AvgIpc) is 3.23. The molecule has 1 heterocycles. The molecule has 0 unspecified atom stereocenters. The van der Waals surface area contributed by atoms with Crippen LogP contribution in [-0.4, -0.2) is 68.4 Å². The third-order valence-electron chi connectivity index (χ3n) is 5.21. The molecule has 0 radical (unpaired) electrons. The summed E-state index contributed by atoms with van der Waals surface area (Å²) in [6.07, 6.45) is 1.20. The molecule has 0 saturated carbocycles. The molecule has 11 nitrogen and oxygen atoms in total. The van der Waals surface area contributed by atoms with Crippen LogP contribution < -0.4 is 10.0 Å². The lowest BCUT2D eigenvalue weighted by molar-refractivity contribution is -0.134. The molecule has 1 saturated heterocycles. The average molecular weight is 495 g/mol. The van der Waals surface area contributed by atoms with E-state index in [1.165, 1.54) is 0 Å². The van der Waals surface area contributed by atoms with Crippen molar-refractivity contribution in [3.63, 3.8) is 0 Å². The van der Waals surface area contributed by atoms with Gasteiger partial charge in [-0.25, -0.2) is 17.9 Å². The Balaban J connectivity index is 2.07. The third-order valence-corrected chi connectivity index (χ3v) is 6.64. The largest absolute Gasteiger partial charge is 0.444 e. The molecule has 1 aromatic carbocycles. The number of carbonyl (C=O) groups is 2. The van der Waals surface area contributed by atoms with E-state index in [1.807, 2.05) is 30.3 Å². The zero-order valence-corrected chi connectivity index (χ0v) is 20.8. The Hall–Kier alpha value is -2.82. The van der Waals surface area contributed by atoms with Crippen molar-refractivity contribution in [3.05, 3.63) is 46.3 Å². The van der Waals surface area contributed by atoms with Gasteiger partial charge in [0, 0.05) is 37.0 Å². The van der Waals surface area contributed by atoms with Crippen molar-refractivity contribution < 1.29 is 22.7 Å². The standard InChI is InChI=1S/C22H34N6O5S/c1-22(2,3)33-21(30)26-19(15-17-9-5-4-6-10-17)20(29)28-13-7-11-18(28)16-25-34(31,32)14-8-12-24-27-23/h4-6,9-10,18-19,25H,7-8,11-16H2,1-3H3,(H,26,30)/t18-,19+/m0/s1. The predicted molar refractivity (Wildman–Crippen MR) is 128 cm³/mol. The van der Waals surface area contributed by atoms with Crippen LogP contribution in [0.1, 0.15) is 45.6 Å². The number of likely N-dealkylation sites (tertiary alicyclic amines) is 1. The summed E-state index contributed by atoms with van der Waals surface area (Å²) in [6, 6.07) is 8.18.